The molecule has 4 heteroatoms. The maximum atomic E-state index is 13.5. The van der Waals surface area contributed by atoms with Crippen molar-refractivity contribution in [1.82, 2.24) is 5.01 Å². The first-order valence-corrected chi connectivity index (χ1v) is 5.38. The number of halogens is 1. The summed E-state index contributed by atoms with van der Waals surface area (Å²) in [5.41, 5.74) is 1.44. The van der Waals surface area contributed by atoms with E-state index in [4.69, 9.17) is 4.74 Å². The highest BCUT2D eigenvalue weighted by Crippen LogP contribution is 2.08. The van der Waals surface area contributed by atoms with Crippen molar-refractivity contribution in [3.8, 4) is 0 Å². The fraction of sp³-hybridized carbons (Fsp3) is 0.417. The van der Waals surface area contributed by atoms with E-state index in [2.05, 4.69) is 5.10 Å². The van der Waals surface area contributed by atoms with Gasteiger partial charge >= 0.3 is 0 Å². The average molecular weight is 222 g/mol. The van der Waals surface area contributed by atoms with Crippen LogP contribution in [0.25, 0.3) is 0 Å². The van der Waals surface area contributed by atoms with Crippen molar-refractivity contribution in [2.45, 2.75) is 6.92 Å². The smallest absolute Gasteiger partial charge is 0.132 e. The maximum absolute atomic E-state index is 13.5. The maximum Gasteiger partial charge on any atom is 0.132 e. The van der Waals surface area contributed by atoms with E-state index in [-0.39, 0.29) is 5.82 Å². The molecular weight excluding hydrogens is 207 g/mol. The van der Waals surface area contributed by atoms with Crippen LogP contribution in [0, 0.1) is 12.7 Å². The SMILES string of the molecule is Cc1ccc(/C=N/N2CCOCC2)c(F)c1. The highest BCUT2D eigenvalue weighted by molar-refractivity contribution is 5.79. The topological polar surface area (TPSA) is 24.8 Å². The number of aryl methyl sites for hydroxylation is 1. The van der Waals surface area contributed by atoms with Crippen LogP contribution < -0.4 is 0 Å². The van der Waals surface area contributed by atoms with Crippen molar-refractivity contribution in [2.75, 3.05) is 26.3 Å². The summed E-state index contributed by atoms with van der Waals surface area (Å²) in [7, 11) is 0. The third-order valence-electron chi connectivity index (χ3n) is 2.50. The number of morpholine rings is 1. The van der Waals surface area contributed by atoms with Crippen molar-refractivity contribution in [1.29, 1.82) is 0 Å². The van der Waals surface area contributed by atoms with E-state index < -0.39 is 0 Å². The monoisotopic (exact) mass is 222 g/mol. The highest BCUT2D eigenvalue weighted by atomic mass is 19.1. The van der Waals surface area contributed by atoms with Gasteiger partial charge in [-0.1, -0.05) is 12.1 Å². The molecule has 1 aliphatic rings. The Morgan fingerprint density at radius 2 is 2.12 bits per heavy atom. The van der Waals surface area contributed by atoms with Gasteiger partial charge in [-0.2, -0.15) is 5.10 Å². The molecular formula is C12H15FN2O. The Kier molecular flexibility index (Phi) is 3.51. The second-order valence-electron chi connectivity index (χ2n) is 3.84. The summed E-state index contributed by atoms with van der Waals surface area (Å²) in [4.78, 5) is 0. The first-order chi connectivity index (χ1) is 7.75. The van der Waals surface area contributed by atoms with E-state index in [0.29, 0.717) is 18.8 Å². The molecule has 0 aliphatic carbocycles. The number of nitrogens with zero attached hydrogens (tertiary/aromatic N) is 2. The van der Waals surface area contributed by atoms with Crippen LogP contribution in [0.15, 0.2) is 23.3 Å². The summed E-state index contributed by atoms with van der Waals surface area (Å²) in [6.45, 7) is 4.78. The molecule has 0 atom stereocenters. The molecule has 0 aromatic heterocycles. The van der Waals surface area contributed by atoms with Crippen molar-refractivity contribution in [2.24, 2.45) is 5.10 Å². The van der Waals surface area contributed by atoms with Gasteiger partial charge in [0.25, 0.3) is 0 Å². The van der Waals surface area contributed by atoms with Gasteiger partial charge in [-0.05, 0) is 18.6 Å². The summed E-state index contributed by atoms with van der Waals surface area (Å²) >= 11 is 0. The normalized spacial score (nSPS) is 17.0. The lowest BCUT2D eigenvalue weighted by Gasteiger charge is -2.23. The highest BCUT2D eigenvalue weighted by Gasteiger charge is 2.06. The summed E-state index contributed by atoms with van der Waals surface area (Å²) < 4.78 is 18.7. The fourth-order valence-corrected chi connectivity index (χ4v) is 1.55. The number of rotatable bonds is 2. The quantitative estimate of drug-likeness (QED) is 0.713. The zero-order valence-corrected chi connectivity index (χ0v) is 9.32. The molecule has 86 valence electrons. The molecule has 0 saturated carbocycles. The molecule has 1 heterocycles. The third-order valence-corrected chi connectivity index (χ3v) is 2.50. The molecule has 16 heavy (non-hydrogen) atoms. The molecule has 0 amide bonds. The lowest BCUT2D eigenvalue weighted by atomic mass is 10.1. The van der Waals surface area contributed by atoms with Crippen molar-refractivity contribution >= 4 is 6.21 Å². The van der Waals surface area contributed by atoms with E-state index in [9.17, 15) is 4.39 Å². The van der Waals surface area contributed by atoms with Crippen LogP contribution in [0.3, 0.4) is 0 Å². The lowest BCUT2D eigenvalue weighted by Crippen LogP contribution is -2.32. The summed E-state index contributed by atoms with van der Waals surface area (Å²) in [5.74, 6) is -0.225. The molecule has 0 N–H and O–H groups in total. The predicted octanol–water partition coefficient (Wildman–Crippen LogP) is 1.80. The number of hydrogen-bond donors (Lipinski definition) is 0. The molecule has 0 bridgehead atoms. The van der Waals surface area contributed by atoms with Gasteiger partial charge in [0.2, 0.25) is 0 Å². The molecule has 1 aliphatic heterocycles. The molecule has 0 spiro atoms. The molecule has 1 aromatic rings. The Morgan fingerprint density at radius 1 is 1.38 bits per heavy atom. The summed E-state index contributed by atoms with van der Waals surface area (Å²) in [5, 5.41) is 6.12. The Balaban J connectivity index is 2.04. The van der Waals surface area contributed by atoms with E-state index in [1.165, 1.54) is 6.07 Å². The van der Waals surface area contributed by atoms with Crippen molar-refractivity contribution in [3.63, 3.8) is 0 Å². The Bertz CT molecular complexity index is 387. The van der Waals surface area contributed by atoms with E-state index in [1.807, 2.05) is 18.0 Å². The fourth-order valence-electron chi connectivity index (χ4n) is 1.55. The number of ether oxygens (including phenoxy) is 1. The first kappa shape index (κ1) is 11.1. The standard InChI is InChI=1S/C12H15FN2O/c1-10-2-3-11(12(13)8-10)9-14-15-4-6-16-7-5-15/h2-3,8-9H,4-7H2,1H3/b14-9+. The minimum atomic E-state index is -0.225. The van der Waals surface area contributed by atoms with Gasteiger partial charge in [-0.3, -0.25) is 5.01 Å². The number of hydrogen-bond acceptors (Lipinski definition) is 3. The van der Waals surface area contributed by atoms with E-state index in [0.717, 1.165) is 18.7 Å². The predicted molar refractivity (Wildman–Crippen MR) is 61.1 cm³/mol. The minimum absolute atomic E-state index is 0.225. The van der Waals surface area contributed by atoms with Gasteiger partial charge in [0.15, 0.2) is 0 Å². The van der Waals surface area contributed by atoms with Crippen molar-refractivity contribution < 1.29 is 9.13 Å². The molecule has 0 unspecified atom stereocenters. The Morgan fingerprint density at radius 3 is 2.81 bits per heavy atom. The van der Waals surface area contributed by atoms with Gasteiger partial charge < -0.3 is 4.74 Å². The molecule has 0 radical (unpaired) electrons. The summed E-state index contributed by atoms with van der Waals surface area (Å²) in [6.07, 6.45) is 1.57. The van der Waals surface area contributed by atoms with E-state index in [1.54, 1.807) is 12.3 Å². The van der Waals surface area contributed by atoms with Crippen molar-refractivity contribution in [3.05, 3.63) is 35.1 Å². The van der Waals surface area contributed by atoms with Crippen LogP contribution in [0.1, 0.15) is 11.1 Å². The second kappa shape index (κ2) is 5.07. The van der Waals surface area contributed by atoms with Crippen LogP contribution in [-0.4, -0.2) is 37.5 Å². The second-order valence-corrected chi connectivity index (χ2v) is 3.84. The molecule has 3 nitrogen and oxygen atoms in total. The average Bonchev–Trinajstić information content (AvgIpc) is 2.29. The lowest BCUT2D eigenvalue weighted by molar-refractivity contribution is 0.0397. The molecule has 1 aromatic carbocycles. The Labute approximate surface area is 94.5 Å². The Hall–Kier alpha value is -1.42. The zero-order valence-electron chi connectivity index (χ0n) is 9.32. The number of hydrazone groups is 1. The van der Waals surface area contributed by atoms with Crippen LogP contribution in [0.4, 0.5) is 4.39 Å². The first-order valence-electron chi connectivity index (χ1n) is 5.38. The molecule has 1 saturated heterocycles. The van der Waals surface area contributed by atoms with Gasteiger partial charge in [-0.25, -0.2) is 4.39 Å². The minimum Gasteiger partial charge on any atom is -0.378 e. The zero-order chi connectivity index (χ0) is 11.4. The van der Waals surface area contributed by atoms with Gasteiger partial charge in [0.05, 0.1) is 32.5 Å². The largest absolute Gasteiger partial charge is 0.378 e. The van der Waals surface area contributed by atoms with Crippen LogP contribution in [0.2, 0.25) is 0 Å². The molecule has 2 rings (SSSR count). The van der Waals surface area contributed by atoms with Crippen LogP contribution in [0.5, 0.6) is 0 Å². The summed E-state index contributed by atoms with van der Waals surface area (Å²) in [6, 6.07) is 5.14. The molecule has 1 fully saturated rings. The van der Waals surface area contributed by atoms with Crippen LogP contribution in [-0.2, 0) is 4.74 Å². The van der Waals surface area contributed by atoms with Gasteiger partial charge in [0.1, 0.15) is 5.82 Å². The van der Waals surface area contributed by atoms with Crippen LogP contribution >= 0.6 is 0 Å². The van der Waals surface area contributed by atoms with Gasteiger partial charge in [-0.15, -0.1) is 0 Å². The van der Waals surface area contributed by atoms with E-state index >= 15 is 0 Å². The third kappa shape index (κ3) is 2.79. The number of benzene rings is 1. The van der Waals surface area contributed by atoms with Gasteiger partial charge in [0, 0.05) is 5.56 Å².